The molecule has 0 radical (unpaired) electrons. The Labute approximate surface area is 189 Å². The SMILES string of the molecule is CCOC(=O)c1cc(NC(=O)C2(c3ccc(F)cc3)CCCCC2)ccc1OC(C)CC. The first kappa shape index (κ1) is 23.8. The molecular formula is C26H32FNO4. The molecule has 1 N–H and O–H groups in total. The van der Waals surface area contributed by atoms with Gasteiger partial charge in [0, 0.05) is 5.69 Å². The van der Waals surface area contributed by atoms with Gasteiger partial charge in [-0.25, -0.2) is 9.18 Å². The third-order valence-electron chi connectivity index (χ3n) is 6.17. The molecule has 0 aliphatic heterocycles. The average molecular weight is 442 g/mol. The van der Waals surface area contributed by atoms with Crippen LogP contribution < -0.4 is 10.1 Å². The summed E-state index contributed by atoms with van der Waals surface area (Å²) < 4.78 is 24.6. The first-order chi connectivity index (χ1) is 15.4. The summed E-state index contributed by atoms with van der Waals surface area (Å²) in [6, 6.07) is 11.2. The molecule has 1 saturated carbocycles. The molecule has 0 bridgehead atoms. The molecule has 5 nitrogen and oxygen atoms in total. The van der Waals surface area contributed by atoms with E-state index in [1.807, 2.05) is 13.8 Å². The van der Waals surface area contributed by atoms with Gasteiger partial charge >= 0.3 is 5.97 Å². The second-order valence-corrected chi connectivity index (χ2v) is 8.37. The van der Waals surface area contributed by atoms with Gasteiger partial charge in [-0.15, -0.1) is 0 Å². The number of anilines is 1. The third-order valence-corrected chi connectivity index (χ3v) is 6.17. The van der Waals surface area contributed by atoms with Crippen LogP contribution in [0.15, 0.2) is 42.5 Å². The monoisotopic (exact) mass is 441 g/mol. The minimum Gasteiger partial charge on any atom is -0.490 e. The molecule has 0 spiro atoms. The number of hydrogen-bond donors (Lipinski definition) is 1. The predicted molar refractivity (Wildman–Crippen MR) is 123 cm³/mol. The van der Waals surface area contributed by atoms with Crippen molar-refractivity contribution in [3.63, 3.8) is 0 Å². The van der Waals surface area contributed by atoms with Crippen LogP contribution in [0.1, 0.15) is 75.2 Å². The van der Waals surface area contributed by atoms with E-state index in [4.69, 9.17) is 9.47 Å². The van der Waals surface area contributed by atoms with Crippen molar-refractivity contribution in [2.75, 3.05) is 11.9 Å². The lowest BCUT2D eigenvalue weighted by molar-refractivity contribution is -0.122. The van der Waals surface area contributed by atoms with Gasteiger partial charge in [0.05, 0.1) is 18.1 Å². The van der Waals surface area contributed by atoms with E-state index in [0.717, 1.165) is 31.2 Å². The highest BCUT2D eigenvalue weighted by Crippen LogP contribution is 2.41. The van der Waals surface area contributed by atoms with Gasteiger partial charge < -0.3 is 14.8 Å². The normalized spacial score (nSPS) is 16.1. The molecular weight excluding hydrogens is 409 g/mol. The van der Waals surface area contributed by atoms with Gasteiger partial charge in [0.2, 0.25) is 5.91 Å². The highest BCUT2D eigenvalue weighted by Gasteiger charge is 2.41. The summed E-state index contributed by atoms with van der Waals surface area (Å²) in [4.78, 5) is 26.1. The summed E-state index contributed by atoms with van der Waals surface area (Å²) in [5.74, 6) is -0.528. The first-order valence-corrected chi connectivity index (χ1v) is 11.4. The second kappa shape index (κ2) is 10.6. The molecule has 2 aromatic carbocycles. The quantitative estimate of drug-likeness (QED) is 0.509. The molecule has 1 atom stereocenters. The molecule has 172 valence electrons. The topological polar surface area (TPSA) is 64.6 Å². The van der Waals surface area contributed by atoms with Gasteiger partial charge in [0.15, 0.2) is 0 Å². The molecule has 1 aliphatic rings. The lowest BCUT2D eigenvalue weighted by atomic mass is 9.68. The van der Waals surface area contributed by atoms with Crippen molar-refractivity contribution in [2.45, 2.75) is 70.8 Å². The Hall–Kier alpha value is -2.89. The highest BCUT2D eigenvalue weighted by atomic mass is 19.1. The number of rotatable bonds is 8. The number of nitrogens with one attached hydrogen (secondary N) is 1. The summed E-state index contributed by atoms with van der Waals surface area (Å²) in [6.07, 6.45) is 5.06. The van der Waals surface area contributed by atoms with E-state index in [0.29, 0.717) is 24.3 Å². The first-order valence-electron chi connectivity index (χ1n) is 11.4. The van der Waals surface area contributed by atoms with Crippen LogP contribution in [0.5, 0.6) is 5.75 Å². The molecule has 2 aromatic rings. The fraction of sp³-hybridized carbons (Fsp3) is 0.462. The van der Waals surface area contributed by atoms with Crippen LogP contribution in [0.3, 0.4) is 0 Å². The number of carbonyl (C=O) groups is 2. The molecule has 1 aliphatic carbocycles. The maximum absolute atomic E-state index is 13.5. The van der Waals surface area contributed by atoms with Crippen LogP contribution >= 0.6 is 0 Å². The Morgan fingerprint density at radius 2 is 1.75 bits per heavy atom. The Balaban J connectivity index is 1.91. The van der Waals surface area contributed by atoms with Gasteiger partial charge in [-0.2, -0.15) is 0 Å². The largest absolute Gasteiger partial charge is 0.490 e. The molecule has 1 unspecified atom stereocenters. The zero-order valence-corrected chi connectivity index (χ0v) is 19.1. The van der Waals surface area contributed by atoms with Gasteiger partial charge in [-0.3, -0.25) is 4.79 Å². The Kier molecular flexibility index (Phi) is 7.89. The van der Waals surface area contributed by atoms with Crippen LogP contribution in [0, 0.1) is 5.82 Å². The lowest BCUT2D eigenvalue weighted by Gasteiger charge is -2.36. The van der Waals surface area contributed by atoms with E-state index in [-0.39, 0.29) is 30.0 Å². The van der Waals surface area contributed by atoms with Crippen molar-refractivity contribution in [1.29, 1.82) is 0 Å². The molecule has 32 heavy (non-hydrogen) atoms. The number of esters is 1. The second-order valence-electron chi connectivity index (χ2n) is 8.37. The summed E-state index contributed by atoms with van der Waals surface area (Å²) in [5, 5.41) is 3.00. The van der Waals surface area contributed by atoms with Gasteiger partial charge in [0.25, 0.3) is 0 Å². The smallest absolute Gasteiger partial charge is 0.341 e. The molecule has 0 saturated heterocycles. The van der Waals surface area contributed by atoms with Crippen molar-refractivity contribution >= 4 is 17.6 Å². The zero-order chi connectivity index (χ0) is 23.1. The summed E-state index contributed by atoms with van der Waals surface area (Å²) in [5.41, 5.74) is 0.881. The molecule has 1 amide bonds. The van der Waals surface area contributed by atoms with Gasteiger partial charge in [-0.1, -0.05) is 38.3 Å². The van der Waals surface area contributed by atoms with Gasteiger partial charge in [0.1, 0.15) is 17.1 Å². The summed E-state index contributed by atoms with van der Waals surface area (Å²) >= 11 is 0. The maximum Gasteiger partial charge on any atom is 0.341 e. The highest BCUT2D eigenvalue weighted by molar-refractivity contribution is 6.01. The van der Waals surface area contributed by atoms with Crippen LogP contribution in [0.4, 0.5) is 10.1 Å². The van der Waals surface area contributed by atoms with Crippen molar-refractivity contribution in [1.82, 2.24) is 0 Å². The van der Waals surface area contributed by atoms with Crippen LogP contribution in [-0.2, 0) is 14.9 Å². The molecule has 6 heteroatoms. The van der Waals surface area contributed by atoms with Crippen molar-refractivity contribution in [3.8, 4) is 5.75 Å². The molecule has 3 rings (SSSR count). The predicted octanol–water partition coefficient (Wildman–Crippen LogP) is 6.02. The lowest BCUT2D eigenvalue weighted by Crippen LogP contribution is -2.42. The molecule has 0 aromatic heterocycles. The number of benzene rings is 2. The number of amides is 1. The summed E-state index contributed by atoms with van der Waals surface area (Å²) in [6.45, 7) is 5.92. The zero-order valence-electron chi connectivity index (χ0n) is 19.1. The fourth-order valence-electron chi connectivity index (χ4n) is 4.20. The Morgan fingerprint density at radius 1 is 1.06 bits per heavy atom. The standard InChI is InChI=1S/C26H32FNO4/c1-4-18(3)32-23-14-13-21(17-22(23)24(29)31-5-2)28-25(30)26(15-7-6-8-16-26)19-9-11-20(27)12-10-19/h9-14,17-18H,4-8,15-16H2,1-3H3,(H,28,30). The number of carbonyl (C=O) groups excluding carboxylic acids is 2. The summed E-state index contributed by atoms with van der Waals surface area (Å²) in [7, 11) is 0. The van der Waals surface area contributed by atoms with E-state index in [2.05, 4.69) is 5.32 Å². The molecule has 1 fully saturated rings. The van der Waals surface area contributed by atoms with Crippen molar-refractivity contribution in [2.24, 2.45) is 0 Å². The van der Waals surface area contributed by atoms with E-state index < -0.39 is 11.4 Å². The minimum absolute atomic E-state index is 0.0624. The van der Waals surface area contributed by atoms with Crippen LogP contribution in [0.2, 0.25) is 0 Å². The number of ether oxygens (including phenoxy) is 2. The van der Waals surface area contributed by atoms with E-state index in [1.165, 1.54) is 12.1 Å². The molecule has 0 heterocycles. The van der Waals surface area contributed by atoms with E-state index >= 15 is 0 Å². The van der Waals surface area contributed by atoms with Crippen LogP contribution in [-0.4, -0.2) is 24.6 Å². The minimum atomic E-state index is -0.720. The van der Waals surface area contributed by atoms with E-state index in [1.54, 1.807) is 37.3 Å². The third kappa shape index (κ3) is 5.29. The number of halogens is 1. The fourth-order valence-corrected chi connectivity index (χ4v) is 4.20. The Bertz CT molecular complexity index is 935. The van der Waals surface area contributed by atoms with Crippen molar-refractivity contribution < 1.29 is 23.5 Å². The maximum atomic E-state index is 13.5. The van der Waals surface area contributed by atoms with Crippen LogP contribution in [0.25, 0.3) is 0 Å². The Morgan fingerprint density at radius 3 is 2.38 bits per heavy atom. The van der Waals surface area contributed by atoms with E-state index in [9.17, 15) is 14.0 Å². The van der Waals surface area contributed by atoms with Gasteiger partial charge in [-0.05, 0) is 69.0 Å². The number of hydrogen-bond acceptors (Lipinski definition) is 4. The average Bonchev–Trinajstić information content (AvgIpc) is 2.80. The van der Waals surface area contributed by atoms with Crippen molar-refractivity contribution in [3.05, 3.63) is 59.4 Å².